The van der Waals surface area contributed by atoms with Crippen LogP contribution < -0.4 is 0 Å². The van der Waals surface area contributed by atoms with Crippen LogP contribution in [0.3, 0.4) is 0 Å². The van der Waals surface area contributed by atoms with Gasteiger partial charge >= 0.3 is 0 Å². The van der Waals surface area contributed by atoms with E-state index in [0.717, 1.165) is 47.7 Å². The number of carbonyl (C=O) groups excluding carboxylic acids is 1. The lowest BCUT2D eigenvalue weighted by atomic mass is 9.44. The number of carbonyl (C=O) groups is 1. The molecular formula is C29H40ClN3O2. The summed E-state index contributed by atoms with van der Waals surface area (Å²) in [4.78, 5) is 18.0. The molecule has 4 aliphatic rings. The van der Waals surface area contributed by atoms with Gasteiger partial charge in [0.1, 0.15) is 11.0 Å². The van der Waals surface area contributed by atoms with E-state index in [1.54, 1.807) is 10.9 Å². The second-order valence-electron chi connectivity index (χ2n) is 12.7. The van der Waals surface area contributed by atoms with Gasteiger partial charge < -0.3 is 4.74 Å². The monoisotopic (exact) mass is 497 g/mol. The second kappa shape index (κ2) is 8.83. The summed E-state index contributed by atoms with van der Waals surface area (Å²) in [6, 6.07) is 1.82. The number of halogens is 1. The summed E-state index contributed by atoms with van der Waals surface area (Å²) in [7, 11) is 1.91. The Balaban J connectivity index is 1.22. The van der Waals surface area contributed by atoms with E-state index in [0.29, 0.717) is 28.7 Å². The van der Waals surface area contributed by atoms with Crippen LogP contribution in [-0.2, 0) is 16.1 Å². The van der Waals surface area contributed by atoms with Crippen molar-refractivity contribution < 1.29 is 9.53 Å². The van der Waals surface area contributed by atoms with E-state index >= 15 is 0 Å². The van der Waals surface area contributed by atoms with Gasteiger partial charge in [0.2, 0.25) is 0 Å². The van der Waals surface area contributed by atoms with Gasteiger partial charge in [-0.3, -0.25) is 14.5 Å². The molecule has 4 saturated carbocycles. The van der Waals surface area contributed by atoms with Gasteiger partial charge in [0, 0.05) is 19.2 Å². The molecule has 0 saturated heterocycles. The molecule has 0 aliphatic heterocycles. The number of rotatable bonds is 5. The molecule has 0 aromatic carbocycles. The van der Waals surface area contributed by atoms with Crippen LogP contribution in [0, 0.1) is 46.3 Å². The average molecular weight is 498 g/mol. The number of ether oxygens (including phenoxy) is 1. The van der Waals surface area contributed by atoms with Gasteiger partial charge in [0.15, 0.2) is 5.78 Å². The lowest BCUT2D eigenvalue weighted by molar-refractivity contribution is -0.154. The fourth-order valence-corrected chi connectivity index (χ4v) is 9.77. The highest BCUT2D eigenvalue weighted by atomic mass is 35.5. The number of nitrogens with zero attached hydrogens (tertiary/aromatic N) is 3. The van der Waals surface area contributed by atoms with E-state index in [-0.39, 0.29) is 11.3 Å². The van der Waals surface area contributed by atoms with E-state index in [2.05, 4.69) is 23.9 Å². The van der Waals surface area contributed by atoms with Crippen LogP contribution in [0.1, 0.15) is 71.6 Å². The highest BCUT2D eigenvalue weighted by Gasteiger charge is 2.62. The van der Waals surface area contributed by atoms with Crippen molar-refractivity contribution in [2.75, 3.05) is 13.7 Å². The van der Waals surface area contributed by atoms with Crippen molar-refractivity contribution in [3.8, 4) is 0 Å². The topological polar surface area (TPSA) is 57.0 Å². The third-order valence-corrected chi connectivity index (χ3v) is 11.3. The van der Waals surface area contributed by atoms with Gasteiger partial charge in [0.05, 0.1) is 24.4 Å². The molecule has 190 valence electrons. The first kappa shape index (κ1) is 23.9. The molecule has 0 radical (unpaired) electrons. The van der Waals surface area contributed by atoms with Crippen molar-refractivity contribution in [1.82, 2.24) is 14.8 Å². The Hall–Kier alpha value is -1.46. The van der Waals surface area contributed by atoms with Gasteiger partial charge in [-0.15, -0.1) is 0 Å². The first-order valence-corrected chi connectivity index (χ1v) is 14.2. The van der Waals surface area contributed by atoms with Crippen molar-refractivity contribution in [2.24, 2.45) is 46.3 Å². The Morgan fingerprint density at radius 2 is 2.00 bits per heavy atom. The smallest absolute Gasteiger partial charge is 0.157 e. The maximum atomic E-state index is 13.7. The van der Waals surface area contributed by atoms with E-state index in [1.807, 2.05) is 19.4 Å². The number of ketones is 1. The van der Waals surface area contributed by atoms with Crippen molar-refractivity contribution >= 4 is 28.4 Å². The molecule has 35 heavy (non-hydrogen) atoms. The molecule has 0 spiro atoms. The molecule has 7 unspecified atom stereocenters. The summed E-state index contributed by atoms with van der Waals surface area (Å²) in [6.45, 7) is 6.16. The quantitative estimate of drug-likeness (QED) is 0.468. The van der Waals surface area contributed by atoms with Crippen LogP contribution in [0.5, 0.6) is 0 Å². The fraction of sp³-hybridized carbons (Fsp3) is 0.759. The average Bonchev–Trinajstić information content (AvgIpc) is 3.38. The number of pyridine rings is 1. The van der Waals surface area contributed by atoms with Crippen LogP contribution in [0.15, 0.2) is 18.5 Å². The zero-order valence-electron chi connectivity index (χ0n) is 21.5. The zero-order chi connectivity index (χ0) is 24.4. The highest BCUT2D eigenvalue weighted by molar-refractivity contribution is 6.31. The molecule has 6 rings (SSSR count). The molecular weight excluding hydrogens is 458 g/mol. The van der Waals surface area contributed by atoms with Gasteiger partial charge in [0.25, 0.3) is 0 Å². The normalized spacial score (nSPS) is 40.8. The van der Waals surface area contributed by atoms with Crippen LogP contribution in [-0.4, -0.2) is 34.3 Å². The summed E-state index contributed by atoms with van der Waals surface area (Å²) in [5.41, 5.74) is 2.04. The van der Waals surface area contributed by atoms with Crippen molar-refractivity contribution in [2.45, 2.75) is 78.2 Å². The van der Waals surface area contributed by atoms with Crippen LogP contribution in [0.2, 0.25) is 5.02 Å². The minimum absolute atomic E-state index is 0.120. The molecule has 0 N–H and O–H groups in total. The van der Waals surface area contributed by atoms with Gasteiger partial charge in [-0.05, 0) is 97.9 Å². The predicted molar refractivity (Wildman–Crippen MR) is 138 cm³/mol. The maximum absolute atomic E-state index is 13.7. The molecule has 2 aromatic heterocycles. The van der Waals surface area contributed by atoms with E-state index in [1.165, 1.54) is 51.4 Å². The first-order valence-electron chi connectivity index (χ1n) is 13.8. The molecule has 2 heterocycles. The number of aromatic nitrogens is 3. The van der Waals surface area contributed by atoms with Crippen LogP contribution >= 0.6 is 11.6 Å². The van der Waals surface area contributed by atoms with Crippen molar-refractivity contribution in [3.05, 3.63) is 23.5 Å². The summed E-state index contributed by atoms with van der Waals surface area (Å²) in [5, 5.41) is 5.17. The Morgan fingerprint density at radius 3 is 2.83 bits per heavy atom. The van der Waals surface area contributed by atoms with Gasteiger partial charge in [-0.25, -0.2) is 0 Å². The number of methoxy groups -OCH3 is 1. The van der Waals surface area contributed by atoms with Crippen LogP contribution in [0.4, 0.5) is 0 Å². The maximum Gasteiger partial charge on any atom is 0.157 e. The summed E-state index contributed by atoms with van der Waals surface area (Å²) < 4.78 is 7.72. The minimum atomic E-state index is 0.120. The van der Waals surface area contributed by atoms with Gasteiger partial charge in [-0.1, -0.05) is 31.9 Å². The number of hydrogen-bond donors (Lipinski definition) is 0. The Bertz CT molecular complexity index is 1120. The number of fused-ring (bicyclic) bond motifs is 6. The second-order valence-corrected chi connectivity index (χ2v) is 13.2. The van der Waals surface area contributed by atoms with Crippen LogP contribution in [0.25, 0.3) is 11.0 Å². The SMILES string of the molecule is COCC12CCC(C)CC1CCC1C2CCC2(C)C1CC[C@@H]2C(=O)Cn1cc2ncc(Cl)cc2n1. The predicted octanol–water partition coefficient (Wildman–Crippen LogP) is 6.58. The Kier molecular flexibility index (Phi) is 6.03. The largest absolute Gasteiger partial charge is 0.384 e. The number of hydrogen-bond acceptors (Lipinski definition) is 4. The first-order chi connectivity index (χ1) is 16.8. The van der Waals surface area contributed by atoms with Crippen molar-refractivity contribution in [1.29, 1.82) is 0 Å². The molecule has 2 aromatic rings. The summed E-state index contributed by atoms with van der Waals surface area (Å²) >= 11 is 6.08. The third kappa shape index (κ3) is 3.79. The fourth-order valence-electron chi connectivity index (χ4n) is 9.62. The third-order valence-electron chi connectivity index (χ3n) is 11.1. The van der Waals surface area contributed by atoms with E-state index < -0.39 is 0 Å². The molecule has 4 aliphatic carbocycles. The highest BCUT2D eigenvalue weighted by Crippen LogP contribution is 2.68. The van der Waals surface area contributed by atoms with E-state index in [9.17, 15) is 4.79 Å². The minimum Gasteiger partial charge on any atom is -0.384 e. The molecule has 5 nitrogen and oxygen atoms in total. The number of Topliss-reactive ketones (excluding diaryl/α,β-unsaturated/α-hetero) is 1. The lowest BCUT2D eigenvalue weighted by Gasteiger charge is -2.61. The summed E-state index contributed by atoms with van der Waals surface area (Å²) in [6.07, 6.45) is 15.0. The standard InChI is InChI=1S/C29H40ClN3O2/c1-18-8-11-29(17-35-3)19(12-18)4-5-21-22-6-7-24(28(22,2)10-9-23(21)29)27(34)16-33-15-26-25(32-33)13-20(30)14-31-26/h13-15,18-19,21-24H,4-12,16-17H2,1-3H3/t18?,19?,21?,22?,23?,24-,28?,29?/m1/s1. The molecule has 6 heteroatoms. The van der Waals surface area contributed by atoms with Gasteiger partial charge in [-0.2, -0.15) is 5.10 Å². The molecule has 0 bridgehead atoms. The lowest BCUT2D eigenvalue weighted by Crippen LogP contribution is -2.56. The molecule has 0 amide bonds. The van der Waals surface area contributed by atoms with Crippen molar-refractivity contribution in [3.63, 3.8) is 0 Å². The Morgan fingerprint density at radius 1 is 1.14 bits per heavy atom. The Labute approximate surface area is 214 Å². The molecule has 4 fully saturated rings. The molecule has 8 atom stereocenters. The summed E-state index contributed by atoms with van der Waals surface area (Å²) in [5.74, 6) is 4.36. The zero-order valence-corrected chi connectivity index (χ0v) is 22.3. The van der Waals surface area contributed by atoms with E-state index in [4.69, 9.17) is 16.3 Å².